The van der Waals surface area contributed by atoms with E-state index in [0.29, 0.717) is 17.4 Å². The third-order valence-corrected chi connectivity index (χ3v) is 4.14. The molecule has 1 N–H and O–H groups in total. The number of benzene rings is 2. The van der Waals surface area contributed by atoms with Crippen LogP contribution in [0.25, 0.3) is 0 Å². The highest BCUT2D eigenvalue weighted by molar-refractivity contribution is 9.10. The van der Waals surface area contributed by atoms with Crippen molar-refractivity contribution in [3.05, 3.63) is 70.2 Å². The lowest BCUT2D eigenvalue weighted by Gasteiger charge is -2.32. The second-order valence-electron chi connectivity index (χ2n) is 4.79. The van der Waals surface area contributed by atoms with Crippen molar-refractivity contribution in [3.8, 4) is 0 Å². The van der Waals surface area contributed by atoms with Crippen LogP contribution in [0.1, 0.15) is 11.1 Å². The predicted octanol–water partition coefficient (Wildman–Crippen LogP) is 2.47. The van der Waals surface area contributed by atoms with Crippen LogP contribution in [0, 0.1) is 0 Å². The van der Waals surface area contributed by atoms with Crippen LogP contribution in [-0.4, -0.2) is 30.6 Å². The first kappa shape index (κ1) is 16.4. The number of esters is 1. The van der Waals surface area contributed by atoms with Crippen LogP contribution in [0.4, 0.5) is 0 Å². The first-order valence-corrected chi connectivity index (χ1v) is 7.39. The summed E-state index contributed by atoms with van der Waals surface area (Å²) in [7, 11) is 1.17. The summed E-state index contributed by atoms with van der Waals surface area (Å²) in [5, 5.41) is 10.5. The molecule has 0 aliphatic carbocycles. The van der Waals surface area contributed by atoms with Crippen LogP contribution in [0.3, 0.4) is 0 Å². The fourth-order valence-electron chi connectivity index (χ4n) is 2.42. The van der Waals surface area contributed by atoms with E-state index >= 15 is 0 Å². The van der Waals surface area contributed by atoms with Gasteiger partial charge in [-0.2, -0.15) is 0 Å². The molecule has 0 saturated carbocycles. The summed E-state index contributed by atoms with van der Waals surface area (Å²) in [6.07, 6.45) is -1.05. The van der Waals surface area contributed by atoms with Gasteiger partial charge < -0.3 is 14.6 Å². The third-order valence-electron chi connectivity index (χ3n) is 3.61. The van der Waals surface area contributed by atoms with Crippen LogP contribution in [0.15, 0.2) is 59.1 Å². The second-order valence-corrected chi connectivity index (χ2v) is 5.70. The number of hydrogen-bond donors (Lipinski definition) is 1. The molecule has 2 unspecified atom stereocenters. The number of halogens is 1. The van der Waals surface area contributed by atoms with Crippen molar-refractivity contribution in [1.29, 1.82) is 0 Å². The molecule has 2 rings (SSSR count). The van der Waals surface area contributed by atoms with E-state index in [0.717, 1.165) is 4.47 Å². The maximum absolute atomic E-state index is 12.0. The van der Waals surface area contributed by atoms with E-state index in [4.69, 9.17) is 0 Å². The van der Waals surface area contributed by atoms with Crippen molar-refractivity contribution < 1.29 is 19.4 Å². The normalized spacial score (nSPS) is 14.7. The minimum atomic E-state index is -1.64. The van der Waals surface area contributed by atoms with Crippen LogP contribution < -0.4 is 0 Å². The molecular formula is C17H15BrO4. The first-order chi connectivity index (χ1) is 10.6. The van der Waals surface area contributed by atoms with Crippen molar-refractivity contribution in [3.63, 3.8) is 0 Å². The Hall–Kier alpha value is -1.98. The minimum Gasteiger partial charge on any atom is -0.467 e. The summed E-state index contributed by atoms with van der Waals surface area (Å²) in [5.74, 6) is -0.862. The quantitative estimate of drug-likeness (QED) is 0.655. The maximum Gasteiger partial charge on any atom is 0.336 e. The molecular weight excluding hydrogens is 348 g/mol. The number of carbonyl (C=O) groups excluding carboxylic acids is 2. The topological polar surface area (TPSA) is 63.6 Å². The van der Waals surface area contributed by atoms with Gasteiger partial charge in [0.05, 0.1) is 7.11 Å². The van der Waals surface area contributed by atoms with Gasteiger partial charge >= 0.3 is 5.97 Å². The van der Waals surface area contributed by atoms with Gasteiger partial charge in [0.25, 0.3) is 0 Å². The molecule has 0 bridgehead atoms. The van der Waals surface area contributed by atoms with Gasteiger partial charge in [0, 0.05) is 4.47 Å². The SMILES string of the molecule is COC(=O)C(O)C(C=O)(c1ccccc1)c1ccc(Br)cc1. The minimum absolute atomic E-state index is 0.509. The van der Waals surface area contributed by atoms with Crippen molar-refractivity contribution in [2.45, 2.75) is 11.5 Å². The largest absolute Gasteiger partial charge is 0.467 e. The number of hydrogen-bond acceptors (Lipinski definition) is 4. The zero-order valence-corrected chi connectivity index (χ0v) is 13.5. The van der Waals surface area contributed by atoms with E-state index in [9.17, 15) is 14.7 Å². The second kappa shape index (κ2) is 6.85. The highest BCUT2D eigenvalue weighted by Crippen LogP contribution is 2.35. The molecule has 5 heteroatoms. The van der Waals surface area contributed by atoms with E-state index in [1.165, 1.54) is 7.11 Å². The molecule has 0 aromatic heterocycles. The van der Waals surface area contributed by atoms with Crippen molar-refractivity contribution in [2.75, 3.05) is 7.11 Å². The Bertz CT molecular complexity index is 654. The molecule has 0 saturated heterocycles. The van der Waals surface area contributed by atoms with Gasteiger partial charge in [0.2, 0.25) is 0 Å². The Balaban J connectivity index is 2.69. The molecule has 0 aliphatic rings. The van der Waals surface area contributed by atoms with Gasteiger partial charge in [-0.05, 0) is 23.3 Å². The number of rotatable bonds is 5. The molecule has 0 radical (unpaired) electrons. The number of methoxy groups -OCH3 is 1. The molecule has 0 aliphatic heterocycles. The smallest absolute Gasteiger partial charge is 0.336 e. The molecule has 22 heavy (non-hydrogen) atoms. The molecule has 2 atom stereocenters. The van der Waals surface area contributed by atoms with Gasteiger partial charge in [-0.3, -0.25) is 0 Å². The summed E-state index contributed by atoms with van der Waals surface area (Å²) < 4.78 is 5.46. The molecule has 2 aromatic carbocycles. The standard InChI is InChI=1S/C17H15BrO4/c1-22-16(21)15(20)17(11-19,12-5-3-2-4-6-12)13-7-9-14(18)10-8-13/h2-11,15,20H,1H3. The summed E-state index contributed by atoms with van der Waals surface area (Å²) in [4.78, 5) is 23.9. The molecule has 4 nitrogen and oxygen atoms in total. The first-order valence-electron chi connectivity index (χ1n) is 6.60. The van der Waals surface area contributed by atoms with Crippen LogP contribution in [0.5, 0.6) is 0 Å². The van der Waals surface area contributed by atoms with Crippen LogP contribution >= 0.6 is 15.9 Å². The number of aliphatic hydroxyl groups is 1. The van der Waals surface area contributed by atoms with Crippen molar-refractivity contribution in [1.82, 2.24) is 0 Å². The van der Waals surface area contributed by atoms with Gasteiger partial charge in [-0.25, -0.2) is 4.79 Å². The number of carbonyl (C=O) groups is 2. The monoisotopic (exact) mass is 362 g/mol. The Morgan fingerprint density at radius 1 is 1.14 bits per heavy atom. The van der Waals surface area contributed by atoms with Crippen molar-refractivity contribution >= 4 is 28.2 Å². The highest BCUT2D eigenvalue weighted by atomic mass is 79.9. The lowest BCUT2D eigenvalue weighted by Crippen LogP contribution is -2.47. The summed E-state index contributed by atoms with van der Waals surface area (Å²) in [5.41, 5.74) is -0.491. The lowest BCUT2D eigenvalue weighted by atomic mass is 9.71. The van der Waals surface area contributed by atoms with E-state index < -0.39 is 17.5 Å². The lowest BCUT2D eigenvalue weighted by molar-refractivity contribution is -0.154. The average molecular weight is 363 g/mol. The van der Waals surface area contributed by atoms with E-state index in [1.807, 2.05) is 0 Å². The molecule has 0 spiro atoms. The van der Waals surface area contributed by atoms with Crippen molar-refractivity contribution in [2.24, 2.45) is 0 Å². The Labute approximate surface area is 136 Å². The third kappa shape index (κ3) is 2.82. The van der Waals surface area contributed by atoms with E-state index in [2.05, 4.69) is 20.7 Å². The fraction of sp³-hybridized carbons (Fsp3) is 0.176. The van der Waals surface area contributed by atoms with Gasteiger partial charge in [0.15, 0.2) is 6.10 Å². The molecule has 114 valence electrons. The molecule has 0 heterocycles. The number of ether oxygens (including phenoxy) is 1. The van der Waals surface area contributed by atoms with Gasteiger partial charge in [0.1, 0.15) is 11.7 Å². The van der Waals surface area contributed by atoms with Crippen LogP contribution in [-0.2, 0) is 19.7 Å². The molecule has 0 amide bonds. The molecule has 2 aromatic rings. The number of aldehydes is 1. The highest BCUT2D eigenvalue weighted by Gasteiger charge is 2.46. The Kier molecular flexibility index (Phi) is 5.11. The Morgan fingerprint density at radius 3 is 2.18 bits per heavy atom. The number of aliphatic hydroxyl groups excluding tert-OH is 1. The summed E-state index contributed by atoms with van der Waals surface area (Å²) in [6, 6.07) is 15.6. The van der Waals surface area contributed by atoms with Gasteiger partial charge in [-0.15, -0.1) is 0 Å². The predicted molar refractivity (Wildman–Crippen MR) is 85.5 cm³/mol. The summed E-state index contributed by atoms with van der Waals surface area (Å²) in [6.45, 7) is 0. The van der Waals surface area contributed by atoms with E-state index in [-0.39, 0.29) is 0 Å². The Morgan fingerprint density at radius 2 is 1.68 bits per heavy atom. The zero-order chi connectivity index (χ0) is 16.2. The summed E-state index contributed by atoms with van der Waals surface area (Å²) >= 11 is 3.33. The maximum atomic E-state index is 12.0. The van der Waals surface area contributed by atoms with E-state index in [1.54, 1.807) is 54.6 Å². The molecule has 0 fully saturated rings. The van der Waals surface area contributed by atoms with Gasteiger partial charge in [-0.1, -0.05) is 58.4 Å². The average Bonchev–Trinajstić information content (AvgIpc) is 2.57. The fourth-order valence-corrected chi connectivity index (χ4v) is 2.68. The zero-order valence-electron chi connectivity index (χ0n) is 11.9. The van der Waals surface area contributed by atoms with Crippen LogP contribution in [0.2, 0.25) is 0 Å².